The second-order valence-corrected chi connectivity index (χ2v) is 9.74. The molecule has 2 aliphatic heterocycles. The number of oxime groups is 1. The van der Waals surface area contributed by atoms with Gasteiger partial charge in [0, 0.05) is 11.1 Å². The van der Waals surface area contributed by atoms with Gasteiger partial charge in [0.25, 0.3) is 11.8 Å². The first-order valence-electron chi connectivity index (χ1n) is 8.87. The van der Waals surface area contributed by atoms with Crippen molar-refractivity contribution in [1.29, 1.82) is 0 Å². The van der Waals surface area contributed by atoms with Crippen LogP contribution in [-0.2, 0) is 19.2 Å². The number of nitrogen functional groups attached to an aromatic ring is 1. The van der Waals surface area contributed by atoms with Gasteiger partial charge in [-0.1, -0.05) is 5.16 Å². The summed E-state index contributed by atoms with van der Waals surface area (Å²) in [6, 6.07) is -1.39. The number of nitrogens with zero attached hydrogens (tertiary/aromatic N) is 4. The van der Waals surface area contributed by atoms with Crippen LogP contribution in [0.4, 0.5) is 5.13 Å². The second kappa shape index (κ2) is 8.24. The Bertz CT molecular complexity index is 951. The van der Waals surface area contributed by atoms with E-state index in [1.165, 1.54) is 23.8 Å². The third-order valence-electron chi connectivity index (χ3n) is 4.41. The number of thiazole rings is 1. The van der Waals surface area contributed by atoms with Gasteiger partial charge in [-0.3, -0.25) is 9.59 Å². The van der Waals surface area contributed by atoms with Crippen LogP contribution in [0.25, 0.3) is 0 Å². The summed E-state index contributed by atoms with van der Waals surface area (Å²) in [5.74, 6) is -2.14. The average molecular weight is 455 g/mol. The predicted molar refractivity (Wildman–Crippen MR) is 110 cm³/mol. The molecule has 30 heavy (non-hydrogen) atoms. The van der Waals surface area contributed by atoms with Gasteiger partial charge < -0.3 is 35.2 Å². The molecule has 1 fully saturated rings. The van der Waals surface area contributed by atoms with Crippen LogP contribution in [0.5, 0.6) is 0 Å². The number of carbonyl (C=O) groups excluding carboxylic acids is 3. The van der Waals surface area contributed by atoms with Gasteiger partial charge in [-0.2, -0.15) is 0 Å². The Morgan fingerprint density at radius 1 is 1.47 bits per heavy atom. The second-order valence-electron chi connectivity index (χ2n) is 7.74. The smallest absolute Gasteiger partial charge is 0.276 e. The third kappa shape index (κ3) is 4.27. The zero-order valence-electron chi connectivity index (χ0n) is 16.9. The summed E-state index contributed by atoms with van der Waals surface area (Å²) in [4.78, 5) is 47.7. The number of likely N-dealkylation sites (N-methyl/N-ethyl adjacent to an activating group) is 1. The maximum absolute atomic E-state index is 12.7. The third-order valence-corrected chi connectivity index (χ3v) is 6.27. The van der Waals surface area contributed by atoms with E-state index >= 15 is 0 Å². The van der Waals surface area contributed by atoms with Crippen molar-refractivity contribution >= 4 is 51.7 Å². The molecule has 3 N–H and O–H groups in total. The Kier molecular flexibility index (Phi) is 6.06. The highest BCUT2D eigenvalue weighted by atomic mass is 32.2. The van der Waals surface area contributed by atoms with Crippen LogP contribution in [0.3, 0.4) is 0 Å². The van der Waals surface area contributed by atoms with Crippen molar-refractivity contribution in [2.45, 2.75) is 12.1 Å². The minimum Gasteiger partial charge on any atom is -0.543 e. The molecule has 2 atom stereocenters. The van der Waals surface area contributed by atoms with Gasteiger partial charge in [0.1, 0.15) is 25.4 Å². The molecular weight excluding hydrogens is 432 g/mol. The number of nitrogens with one attached hydrogen (secondary N) is 1. The summed E-state index contributed by atoms with van der Waals surface area (Å²) in [6.45, 7) is 0.442. The van der Waals surface area contributed by atoms with Crippen molar-refractivity contribution in [2.24, 2.45) is 5.16 Å². The molecule has 0 radical (unpaired) electrons. The lowest BCUT2D eigenvalue weighted by Crippen LogP contribution is -2.73. The molecule has 1 aromatic rings. The zero-order chi connectivity index (χ0) is 22.2. The lowest BCUT2D eigenvalue weighted by molar-refractivity contribution is -0.864. The molecule has 1 aromatic heterocycles. The molecule has 0 unspecified atom stereocenters. The van der Waals surface area contributed by atoms with E-state index in [2.05, 4.69) is 15.5 Å². The van der Waals surface area contributed by atoms with Gasteiger partial charge in [-0.15, -0.1) is 23.1 Å². The van der Waals surface area contributed by atoms with Crippen molar-refractivity contribution in [1.82, 2.24) is 15.2 Å². The molecule has 1 saturated heterocycles. The number of β-lactam (4-membered cyclic amide) rings is 1. The fourth-order valence-corrected chi connectivity index (χ4v) is 5.26. The Hall–Kier alpha value is -2.64. The van der Waals surface area contributed by atoms with Crippen molar-refractivity contribution in [2.75, 3.05) is 46.3 Å². The fraction of sp³-hybridized carbons (Fsp3) is 0.471. The highest BCUT2D eigenvalue weighted by Gasteiger charge is 2.53. The van der Waals surface area contributed by atoms with E-state index in [1.54, 1.807) is 5.38 Å². The van der Waals surface area contributed by atoms with Crippen molar-refractivity contribution in [3.05, 3.63) is 21.7 Å². The van der Waals surface area contributed by atoms with Gasteiger partial charge >= 0.3 is 0 Å². The number of aromatic nitrogens is 1. The summed E-state index contributed by atoms with van der Waals surface area (Å²) >= 11 is 2.49. The van der Waals surface area contributed by atoms with E-state index in [0.717, 1.165) is 11.3 Å². The number of quaternary nitrogens is 1. The van der Waals surface area contributed by atoms with Crippen LogP contribution in [0.1, 0.15) is 5.69 Å². The van der Waals surface area contributed by atoms with Crippen LogP contribution in [0, 0.1) is 0 Å². The van der Waals surface area contributed by atoms with Crippen LogP contribution >= 0.6 is 23.1 Å². The molecule has 0 aromatic carbocycles. The number of rotatable bonds is 7. The summed E-state index contributed by atoms with van der Waals surface area (Å²) in [5.41, 5.74) is 5.58. The van der Waals surface area contributed by atoms with Gasteiger partial charge in [-0.05, 0) is 0 Å². The van der Waals surface area contributed by atoms with Crippen LogP contribution in [0.2, 0.25) is 0 Å². The molecule has 3 rings (SSSR count). The van der Waals surface area contributed by atoms with E-state index in [0.29, 0.717) is 21.7 Å². The fourth-order valence-electron chi connectivity index (χ4n) is 3.20. The molecular formula is C17H22N6O5S2. The summed E-state index contributed by atoms with van der Waals surface area (Å²) in [6.07, 6.45) is 0. The van der Waals surface area contributed by atoms with Crippen LogP contribution in [0.15, 0.2) is 21.1 Å². The number of fused-ring (bicyclic) bond motifs is 1. The number of amides is 2. The number of aliphatic carboxylic acids is 1. The maximum atomic E-state index is 12.7. The average Bonchev–Trinajstić information content (AvgIpc) is 3.08. The highest BCUT2D eigenvalue weighted by molar-refractivity contribution is 8.03. The van der Waals surface area contributed by atoms with Crippen LogP contribution in [-0.4, -0.2) is 90.5 Å². The van der Waals surface area contributed by atoms with Crippen molar-refractivity contribution in [3.63, 3.8) is 0 Å². The normalized spacial score (nSPS) is 21.8. The van der Waals surface area contributed by atoms with Gasteiger partial charge in [0.2, 0.25) is 0 Å². The first-order valence-corrected chi connectivity index (χ1v) is 10.7. The van der Waals surface area contributed by atoms with E-state index in [-0.39, 0.29) is 22.2 Å². The summed E-state index contributed by atoms with van der Waals surface area (Å²) < 4.78 is 0.500. The largest absolute Gasteiger partial charge is 0.543 e. The van der Waals surface area contributed by atoms with E-state index < -0.39 is 29.9 Å². The SMILES string of the molecule is CO/N=C(/C(=O)N[C@@H]1C(=O)N2C(C(=O)[O-])=C(C[N+](C)(C)C)SC[C@H]12)c1csc(N)n1. The Morgan fingerprint density at radius 2 is 2.17 bits per heavy atom. The standard InChI is InChI=1S/C17H22N6O5S2/c1-23(2,3)5-10-13(16(26)27)22-9(7-29-10)12(15(22)25)20-14(24)11(21-28-4)8-6-30-17(18)19-8/h6,9,12H,5,7H2,1-4H3,(H3-,18,19,20,24,26,27)/b21-11+/t9-,12+/m1/s1. The Labute approximate surface area is 181 Å². The number of carbonyl (C=O) groups is 3. The molecule has 3 heterocycles. The number of hydrogen-bond acceptors (Lipinski definition) is 10. The monoisotopic (exact) mass is 454 g/mol. The maximum Gasteiger partial charge on any atom is 0.276 e. The summed E-state index contributed by atoms with van der Waals surface area (Å²) in [5, 5.41) is 19.9. The van der Waals surface area contributed by atoms with E-state index in [1.807, 2.05) is 21.1 Å². The number of anilines is 1. The molecule has 11 nitrogen and oxygen atoms in total. The lowest BCUT2D eigenvalue weighted by Gasteiger charge is -2.51. The summed E-state index contributed by atoms with van der Waals surface area (Å²) in [7, 11) is 7.06. The van der Waals surface area contributed by atoms with Gasteiger partial charge in [0.15, 0.2) is 10.8 Å². The first kappa shape index (κ1) is 22.1. The molecule has 2 aliphatic rings. The number of hydrogen-bond donors (Lipinski definition) is 2. The molecule has 0 saturated carbocycles. The minimum atomic E-state index is -1.41. The molecule has 0 aliphatic carbocycles. The van der Waals surface area contributed by atoms with Crippen molar-refractivity contribution < 1.29 is 28.8 Å². The number of carboxylic acid groups (broad SMARTS) is 1. The Morgan fingerprint density at radius 3 is 2.70 bits per heavy atom. The van der Waals surface area contributed by atoms with Gasteiger partial charge in [0.05, 0.1) is 43.8 Å². The first-order chi connectivity index (χ1) is 14.0. The Balaban J connectivity index is 1.80. The topological polar surface area (TPSA) is 150 Å². The molecule has 0 bridgehead atoms. The predicted octanol–water partition coefficient (Wildman–Crippen LogP) is -1.81. The highest BCUT2D eigenvalue weighted by Crippen LogP contribution is 2.39. The zero-order valence-corrected chi connectivity index (χ0v) is 18.5. The van der Waals surface area contributed by atoms with E-state index in [4.69, 9.17) is 10.6 Å². The minimum absolute atomic E-state index is 0.124. The molecule has 2 amide bonds. The van der Waals surface area contributed by atoms with Gasteiger partial charge in [-0.25, -0.2) is 4.98 Å². The molecule has 162 valence electrons. The number of carboxylic acids is 1. The van der Waals surface area contributed by atoms with E-state index in [9.17, 15) is 19.5 Å². The number of thioether (sulfide) groups is 1. The molecule has 13 heteroatoms. The quantitative estimate of drug-likeness (QED) is 0.212. The lowest BCUT2D eigenvalue weighted by atomic mass is 9.94. The molecule has 0 spiro atoms. The van der Waals surface area contributed by atoms with Crippen LogP contribution < -0.4 is 16.2 Å². The number of nitrogens with two attached hydrogens (primary N) is 1. The van der Waals surface area contributed by atoms with Crippen molar-refractivity contribution in [3.8, 4) is 0 Å².